The lowest BCUT2D eigenvalue weighted by molar-refractivity contribution is -0.0693. The van der Waals surface area contributed by atoms with E-state index in [9.17, 15) is 9.50 Å². The SMILES string of the molecule is Cc1ccc(-c2nnc(N[C@@H]3C[C@@H](F)CN(C)C3)c3c2CC2(CCOC2)OC3)c(O)c1. The van der Waals surface area contributed by atoms with Crippen molar-refractivity contribution >= 4 is 5.82 Å². The number of fused-ring (bicyclic) bond motifs is 1. The first kappa shape index (κ1) is 20.6. The highest BCUT2D eigenvalue weighted by Gasteiger charge is 2.42. The molecule has 3 aliphatic rings. The number of phenols is 1. The quantitative estimate of drug-likeness (QED) is 0.778. The average Bonchev–Trinajstić information content (AvgIpc) is 3.15. The summed E-state index contributed by atoms with van der Waals surface area (Å²) in [6.07, 6.45) is 1.05. The van der Waals surface area contributed by atoms with Gasteiger partial charge in [0.1, 0.15) is 17.6 Å². The van der Waals surface area contributed by atoms with Gasteiger partial charge in [-0.25, -0.2) is 4.39 Å². The van der Waals surface area contributed by atoms with Crippen molar-refractivity contribution in [1.82, 2.24) is 15.1 Å². The van der Waals surface area contributed by atoms with E-state index in [0.717, 1.165) is 29.7 Å². The Hall–Kier alpha value is -2.29. The number of nitrogens with zero attached hydrogens (tertiary/aromatic N) is 3. The number of phenolic OH excluding ortho intramolecular Hbond substituents is 1. The number of likely N-dealkylation sites (N-methyl/N-ethyl adjacent to an activating group) is 1. The Morgan fingerprint density at radius 3 is 2.87 bits per heavy atom. The smallest absolute Gasteiger partial charge is 0.154 e. The summed E-state index contributed by atoms with van der Waals surface area (Å²) in [5.41, 5.74) is 3.92. The molecule has 0 saturated carbocycles. The normalized spacial score (nSPS) is 28.6. The molecule has 3 atom stereocenters. The average molecular weight is 429 g/mol. The molecule has 2 fully saturated rings. The monoisotopic (exact) mass is 428 g/mol. The molecule has 0 aliphatic carbocycles. The molecule has 3 aliphatic heterocycles. The number of hydrogen-bond acceptors (Lipinski definition) is 7. The van der Waals surface area contributed by atoms with Gasteiger partial charge in [0.2, 0.25) is 0 Å². The lowest BCUT2D eigenvalue weighted by Crippen LogP contribution is -2.46. The summed E-state index contributed by atoms with van der Waals surface area (Å²) in [4.78, 5) is 1.99. The van der Waals surface area contributed by atoms with Crippen LogP contribution in [0.4, 0.5) is 10.2 Å². The van der Waals surface area contributed by atoms with E-state index in [0.29, 0.717) is 56.3 Å². The van der Waals surface area contributed by atoms with Crippen LogP contribution < -0.4 is 5.32 Å². The molecule has 7 nitrogen and oxygen atoms in total. The van der Waals surface area contributed by atoms with E-state index in [-0.39, 0.29) is 17.4 Å². The number of aromatic hydroxyl groups is 1. The minimum atomic E-state index is -0.862. The van der Waals surface area contributed by atoms with Gasteiger partial charge in [-0.1, -0.05) is 6.07 Å². The Kier molecular flexibility index (Phi) is 5.32. The number of benzene rings is 1. The maximum atomic E-state index is 14.1. The molecule has 0 bridgehead atoms. The number of halogens is 1. The Labute approximate surface area is 181 Å². The van der Waals surface area contributed by atoms with Gasteiger partial charge in [-0.15, -0.1) is 10.2 Å². The highest BCUT2D eigenvalue weighted by atomic mass is 19.1. The third kappa shape index (κ3) is 4.00. The summed E-state index contributed by atoms with van der Waals surface area (Å²) >= 11 is 0. The Morgan fingerprint density at radius 1 is 1.26 bits per heavy atom. The summed E-state index contributed by atoms with van der Waals surface area (Å²) in [6, 6.07) is 5.54. The maximum Gasteiger partial charge on any atom is 0.154 e. The van der Waals surface area contributed by atoms with Crippen LogP contribution in [0.1, 0.15) is 29.5 Å². The van der Waals surface area contributed by atoms with Crippen LogP contribution >= 0.6 is 0 Å². The second kappa shape index (κ2) is 8.00. The molecule has 2 N–H and O–H groups in total. The summed E-state index contributed by atoms with van der Waals surface area (Å²) in [5.74, 6) is 0.834. The number of anilines is 1. The van der Waals surface area contributed by atoms with Crippen molar-refractivity contribution in [1.29, 1.82) is 0 Å². The zero-order chi connectivity index (χ0) is 21.6. The zero-order valence-electron chi connectivity index (χ0n) is 18.0. The van der Waals surface area contributed by atoms with Gasteiger partial charge in [-0.3, -0.25) is 0 Å². The molecule has 1 unspecified atom stereocenters. The summed E-state index contributed by atoms with van der Waals surface area (Å²) in [7, 11) is 1.93. The van der Waals surface area contributed by atoms with Crippen LogP contribution in [-0.2, 0) is 22.5 Å². The van der Waals surface area contributed by atoms with Crippen molar-refractivity contribution in [3.8, 4) is 17.0 Å². The predicted octanol–water partition coefficient (Wildman–Crippen LogP) is 2.84. The minimum absolute atomic E-state index is 0.0449. The molecule has 2 aromatic rings. The number of hydrogen-bond donors (Lipinski definition) is 2. The van der Waals surface area contributed by atoms with Gasteiger partial charge in [-0.05, 0) is 37.2 Å². The number of alkyl halides is 1. The lowest BCUT2D eigenvalue weighted by Gasteiger charge is -2.36. The fourth-order valence-corrected chi connectivity index (χ4v) is 5.01. The molecule has 1 aromatic carbocycles. The van der Waals surface area contributed by atoms with Gasteiger partial charge in [0.05, 0.1) is 18.8 Å². The van der Waals surface area contributed by atoms with E-state index in [1.165, 1.54) is 0 Å². The number of nitrogens with one attached hydrogen (secondary N) is 1. The summed E-state index contributed by atoms with van der Waals surface area (Å²) < 4.78 is 26.0. The zero-order valence-corrected chi connectivity index (χ0v) is 18.0. The number of aromatic nitrogens is 2. The van der Waals surface area contributed by atoms with Crippen LogP contribution in [0.25, 0.3) is 11.3 Å². The first-order valence-corrected chi connectivity index (χ1v) is 10.9. The lowest BCUT2D eigenvalue weighted by atomic mass is 9.86. The molecule has 2 saturated heterocycles. The second-order valence-corrected chi connectivity index (χ2v) is 9.22. The standard InChI is InChI=1S/C23H29FN4O3/c1-14-3-4-17(20(29)7-14)21-18-9-23(5-6-30-13-23)31-12-19(18)22(27-26-21)25-16-8-15(24)10-28(2)11-16/h3-4,7,15-16,29H,5-6,8-13H2,1-2H3,(H,25,27)/t15-,16-,23?/m1/s1. The van der Waals surface area contributed by atoms with Crippen molar-refractivity contribution in [3.63, 3.8) is 0 Å². The van der Waals surface area contributed by atoms with Crippen LogP contribution in [-0.4, -0.2) is 71.4 Å². The summed E-state index contributed by atoms with van der Waals surface area (Å²) in [6.45, 7) is 4.76. The predicted molar refractivity (Wildman–Crippen MR) is 115 cm³/mol. The van der Waals surface area contributed by atoms with Gasteiger partial charge in [-0.2, -0.15) is 0 Å². The van der Waals surface area contributed by atoms with Gasteiger partial charge in [0, 0.05) is 56.1 Å². The van der Waals surface area contributed by atoms with Gasteiger partial charge in [0.25, 0.3) is 0 Å². The highest BCUT2D eigenvalue weighted by Crippen LogP contribution is 2.42. The largest absolute Gasteiger partial charge is 0.507 e. The molecule has 8 heteroatoms. The van der Waals surface area contributed by atoms with Crippen molar-refractivity contribution in [2.24, 2.45) is 0 Å². The molecule has 31 heavy (non-hydrogen) atoms. The fraction of sp³-hybridized carbons (Fsp3) is 0.565. The van der Waals surface area contributed by atoms with Crippen molar-refractivity contribution < 1.29 is 19.0 Å². The molecule has 166 valence electrons. The molecule has 1 spiro atoms. The maximum absolute atomic E-state index is 14.1. The first-order valence-electron chi connectivity index (χ1n) is 10.9. The topological polar surface area (TPSA) is 79.7 Å². The van der Waals surface area contributed by atoms with E-state index >= 15 is 0 Å². The van der Waals surface area contributed by atoms with Crippen molar-refractivity contribution in [2.75, 3.05) is 38.7 Å². The molecule has 0 radical (unpaired) electrons. The van der Waals surface area contributed by atoms with Gasteiger partial charge >= 0.3 is 0 Å². The number of piperidine rings is 1. The molecule has 5 rings (SSSR count). The fourth-order valence-electron chi connectivity index (χ4n) is 5.01. The molecular formula is C23H29FN4O3. The van der Waals surface area contributed by atoms with E-state index in [1.54, 1.807) is 6.07 Å². The minimum Gasteiger partial charge on any atom is -0.507 e. The highest BCUT2D eigenvalue weighted by molar-refractivity contribution is 5.73. The Bertz CT molecular complexity index is 970. The van der Waals surface area contributed by atoms with Crippen LogP contribution in [0, 0.1) is 6.92 Å². The number of ether oxygens (including phenoxy) is 2. The molecule has 4 heterocycles. The summed E-state index contributed by atoms with van der Waals surface area (Å²) in [5, 5.41) is 23.0. The molecule has 1 aromatic heterocycles. The van der Waals surface area contributed by atoms with Crippen LogP contribution in [0.5, 0.6) is 5.75 Å². The van der Waals surface area contributed by atoms with Crippen LogP contribution in [0.2, 0.25) is 0 Å². The van der Waals surface area contributed by atoms with Crippen molar-refractivity contribution in [3.05, 3.63) is 34.9 Å². The first-order chi connectivity index (χ1) is 14.9. The Balaban J connectivity index is 1.54. The second-order valence-electron chi connectivity index (χ2n) is 9.22. The van der Waals surface area contributed by atoms with Crippen LogP contribution in [0.3, 0.4) is 0 Å². The van der Waals surface area contributed by atoms with Crippen LogP contribution in [0.15, 0.2) is 18.2 Å². The number of aryl methyl sites for hydroxylation is 1. The third-order valence-corrected chi connectivity index (χ3v) is 6.61. The van der Waals surface area contributed by atoms with E-state index in [2.05, 4.69) is 15.5 Å². The third-order valence-electron chi connectivity index (χ3n) is 6.61. The Morgan fingerprint density at radius 2 is 2.13 bits per heavy atom. The van der Waals surface area contributed by atoms with Crippen molar-refractivity contribution in [2.45, 2.75) is 50.6 Å². The van der Waals surface area contributed by atoms with E-state index in [4.69, 9.17) is 9.47 Å². The van der Waals surface area contributed by atoms with E-state index in [1.807, 2.05) is 31.0 Å². The van der Waals surface area contributed by atoms with Gasteiger partial charge < -0.3 is 24.8 Å². The number of likely N-dealkylation sites (tertiary alicyclic amines) is 1. The van der Waals surface area contributed by atoms with E-state index < -0.39 is 6.17 Å². The molecule has 0 amide bonds. The number of rotatable bonds is 3. The molecular weight excluding hydrogens is 399 g/mol. The van der Waals surface area contributed by atoms with Gasteiger partial charge in [0.15, 0.2) is 5.82 Å².